The van der Waals surface area contributed by atoms with E-state index in [9.17, 15) is 8.42 Å². The molecule has 0 spiro atoms. The Morgan fingerprint density at radius 3 is 2.73 bits per heavy atom. The van der Waals surface area contributed by atoms with Gasteiger partial charge in [-0.25, -0.2) is 8.42 Å². The van der Waals surface area contributed by atoms with E-state index in [2.05, 4.69) is 10.8 Å². The zero-order chi connectivity index (χ0) is 10.9. The lowest BCUT2D eigenvalue weighted by molar-refractivity contribution is 0.607. The van der Waals surface area contributed by atoms with E-state index in [4.69, 9.17) is 0 Å². The number of nitrogens with one attached hydrogen (secondary N) is 1. The van der Waals surface area contributed by atoms with Crippen molar-refractivity contribution in [2.24, 2.45) is 0 Å². The number of anilines is 1. The summed E-state index contributed by atoms with van der Waals surface area (Å²) in [6, 6.07) is 14.0. The monoisotopic (exact) mass is 220 g/mol. The molecule has 15 heavy (non-hydrogen) atoms. The highest BCUT2D eigenvalue weighted by atomic mass is 32.2. The van der Waals surface area contributed by atoms with Gasteiger partial charge in [0.25, 0.3) is 0 Å². The summed E-state index contributed by atoms with van der Waals surface area (Å²) in [6.07, 6.45) is 1.14. The molecule has 4 heteroatoms. The average molecular weight is 220 g/mol. The summed E-state index contributed by atoms with van der Waals surface area (Å²) in [7, 11) is -3.23. The maximum Gasteiger partial charge on any atom is 0.229 e. The average Bonchev–Trinajstić information content (AvgIpc) is 2.16. The van der Waals surface area contributed by atoms with Crippen molar-refractivity contribution in [2.75, 3.05) is 11.0 Å². The first-order valence-electron chi connectivity index (χ1n) is 4.43. The Morgan fingerprint density at radius 1 is 1.20 bits per heavy atom. The first kappa shape index (κ1) is 9.98. The van der Waals surface area contributed by atoms with Crippen LogP contribution in [0, 0.1) is 6.07 Å². The van der Waals surface area contributed by atoms with Crippen LogP contribution in [-0.4, -0.2) is 14.7 Å². The molecule has 0 amide bonds. The van der Waals surface area contributed by atoms with Gasteiger partial charge in [0.1, 0.15) is 0 Å². The van der Waals surface area contributed by atoms with E-state index >= 15 is 0 Å². The number of sulfonamides is 1. The molecule has 0 fully saturated rings. The second-order valence-corrected chi connectivity index (χ2v) is 5.06. The summed E-state index contributed by atoms with van der Waals surface area (Å²) in [5, 5.41) is 1.75. The van der Waals surface area contributed by atoms with E-state index in [1.807, 2.05) is 18.2 Å². The lowest BCUT2D eigenvalue weighted by Gasteiger charge is -2.06. The Hall–Kier alpha value is -1.55. The van der Waals surface area contributed by atoms with Crippen LogP contribution < -0.4 is 4.72 Å². The second kappa shape index (κ2) is 3.55. The van der Waals surface area contributed by atoms with Crippen molar-refractivity contribution in [3.05, 3.63) is 42.5 Å². The largest absolute Gasteiger partial charge is 0.283 e. The molecule has 0 aromatic heterocycles. The summed E-state index contributed by atoms with van der Waals surface area (Å²) in [5.41, 5.74) is 0.590. The van der Waals surface area contributed by atoms with Crippen molar-refractivity contribution in [2.45, 2.75) is 0 Å². The van der Waals surface area contributed by atoms with Crippen LogP contribution in [0.5, 0.6) is 0 Å². The summed E-state index contributed by atoms with van der Waals surface area (Å²) >= 11 is 0. The van der Waals surface area contributed by atoms with Crippen molar-refractivity contribution < 1.29 is 8.42 Å². The highest BCUT2D eigenvalue weighted by Gasteiger charge is 2.04. The van der Waals surface area contributed by atoms with Gasteiger partial charge in [-0.15, -0.1) is 0 Å². The molecule has 0 saturated carbocycles. The molecule has 0 saturated heterocycles. The lowest BCUT2D eigenvalue weighted by atomic mass is 10.1. The molecular weight excluding hydrogens is 210 g/mol. The smallest absolute Gasteiger partial charge is 0.229 e. The van der Waals surface area contributed by atoms with E-state index in [-0.39, 0.29) is 0 Å². The maximum absolute atomic E-state index is 11.1. The van der Waals surface area contributed by atoms with Gasteiger partial charge in [0.05, 0.1) is 11.9 Å². The predicted molar refractivity (Wildman–Crippen MR) is 61.3 cm³/mol. The van der Waals surface area contributed by atoms with Gasteiger partial charge in [0.15, 0.2) is 0 Å². The second-order valence-electron chi connectivity index (χ2n) is 3.31. The van der Waals surface area contributed by atoms with Gasteiger partial charge in [0, 0.05) is 5.39 Å². The zero-order valence-corrected chi connectivity index (χ0v) is 9.01. The molecule has 77 valence electrons. The Morgan fingerprint density at radius 2 is 2.00 bits per heavy atom. The van der Waals surface area contributed by atoms with Crippen molar-refractivity contribution in [1.82, 2.24) is 0 Å². The summed E-state index contributed by atoms with van der Waals surface area (Å²) in [4.78, 5) is 0. The SMILES string of the molecule is CS(=O)(=O)Nc1cccc2[c]cccc12. The Bertz CT molecular complexity index is 585. The molecule has 0 bridgehead atoms. The molecule has 0 aliphatic carbocycles. The number of hydrogen-bond donors (Lipinski definition) is 1. The first-order valence-corrected chi connectivity index (χ1v) is 6.33. The van der Waals surface area contributed by atoms with Crippen LogP contribution in [0.3, 0.4) is 0 Å². The maximum atomic E-state index is 11.1. The summed E-state index contributed by atoms with van der Waals surface area (Å²) < 4.78 is 24.7. The van der Waals surface area contributed by atoms with Crippen LogP contribution in [-0.2, 0) is 10.0 Å². The summed E-state index contributed by atoms with van der Waals surface area (Å²) in [6.45, 7) is 0. The van der Waals surface area contributed by atoms with Crippen LogP contribution >= 0.6 is 0 Å². The van der Waals surface area contributed by atoms with Gasteiger partial charge in [-0.1, -0.05) is 30.3 Å². The minimum Gasteiger partial charge on any atom is -0.283 e. The number of fused-ring (bicyclic) bond motifs is 1. The number of benzene rings is 2. The fraction of sp³-hybridized carbons (Fsp3) is 0.0909. The van der Waals surface area contributed by atoms with Crippen molar-refractivity contribution in [1.29, 1.82) is 0 Å². The molecule has 1 radical (unpaired) electrons. The molecule has 0 aliphatic rings. The number of rotatable bonds is 2. The molecule has 2 aromatic rings. The molecule has 1 N–H and O–H groups in total. The predicted octanol–water partition coefficient (Wildman–Crippen LogP) is 2.01. The third-order valence-corrected chi connectivity index (χ3v) is 2.59. The standard InChI is InChI=1S/C11H10NO2S/c1-15(13,14)12-11-8-4-6-9-5-2-3-7-10(9)11/h2-4,6-8,12H,1H3. The molecule has 3 nitrogen and oxygen atoms in total. The minimum atomic E-state index is -3.23. The molecule has 0 aliphatic heterocycles. The molecule has 0 unspecified atom stereocenters. The third kappa shape index (κ3) is 2.27. The quantitative estimate of drug-likeness (QED) is 0.841. The van der Waals surface area contributed by atoms with Crippen LogP contribution in [0.2, 0.25) is 0 Å². The van der Waals surface area contributed by atoms with E-state index in [0.717, 1.165) is 17.0 Å². The van der Waals surface area contributed by atoms with E-state index < -0.39 is 10.0 Å². The van der Waals surface area contributed by atoms with Gasteiger partial charge in [0.2, 0.25) is 10.0 Å². The highest BCUT2D eigenvalue weighted by molar-refractivity contribution is 7.92. The van der Waals surface area contributed by atoms with Crippen LogP contribution in [0.25, 0.3) is 10.8 Å². The molecule has 0 heterocycles. The van der Waals surface area contributed by atoms with Crippen molar-refractivity contribution in [3.8, 4) is 0 Å². The van der Waals surface area contributed by atoms with Crippen molar-refractivity contribution >= 4 is 26.5 Å². The van der Waals surface area contributed by atoms with Crippen LogP contribution in [0.4, 0.5) is 5.69 Å². The third-order valence-electron chi connectivity index (χ3n) is 2.00. The lowest BCUT2D eigenvalue weighted by Crippen LogP contribution is -2.09. The Balaban J connectivity index is 2.61. The van der Waals surface area contributed by atoms with Gasteiger partial charge in [-0.05, 0) is 17.5 Å². The normalized spacial score (nSPS) is 11.5. The molecule has 0 atom stereocenters. The van der Waals surface area contributed by atoms with Gasteiger partial charge in [-0.2, -0.15) is 0 Å². The van der Waals surface area contributed by atoms with Gasteiger partial charge < -0.3 is 0 Å². The molecule has 2 rings (SSSR count). The highest BCUT2D eigenvalue weighted by Crippen LogP contribution is 2.22. The van der Waals surface area contributed by atoms with Gasteiger partial charge >= 0.3 is 0 Å². The van der Waals surface area contributed by atoms with Crippen LogP contribution in [0.15, 0.2) is 36.4 Å². The Kier molecular flexibility index (Phi) is 2.36. The fourth-order valence-corrected chi connectivity index (χ4v) is 2.02. The van der Waals surface area contributed by atoms with E-state index in [0.29, 0.717) is 5.69 Å². The molecular formula is C11H10NO2S. The fourth-order valence-electron chi connectivity index (χ4n) is 1.44. The number of hydrogen-bond acceptors (Lipinski definition) is 2. The minimum absolute atomic E-state index is 0.590. The zero-order valence-electron chi connectivity index (χ0n) is 8.19. The Labute approximate surface area is 88.8 Å². The van der Waals surface area contributed by atoms with Crippen molar-refractivity contribution in [3.63, 3.8) is 0 Å². The summed E-state index contributed by atoms with van der Waals surface area (Å²) in [5.74, 6) is 0. The van der Waals surface area contributed by atoms with E-state index in [1.54, 1.807) is 18.2 Å². The van der Waals surface area contributed by atoms with E-state index in [1.165, 1.54) is 0 Å². The topological polar surface area (TPSA) is 46.2 Å². The molecule has 2 aromatic carbocycles. The first-order chi connectivity index (χ1) is 7.06. The van der Waals surface area contributed by atoms with Gasteiger partial charge in [-0.3, -0.25) is 4.72 Å². The van der Waals surface area contributed by atoms with Crippen LogP contribution in [0.1, 0.15) is 0 Å².